The molecule has 6 nitrogen and oxygen atoms in total. The van der Waals surface area contributed by atoms with Gasteiger partial charge in [0.15, 0.2) is 11.5 Å². The molecule has 160 valence electrons. The van der Waals surface area contributed by atoms with Crippen molar-refractivity contribution < 1.29 is 19.1 Å². The third-order valence-electron chi connectivity index (χ3n) is 5.43. The first kappa shape index (κ1) is 22.2. The van der Waals surface area contributed by atoms with E-state index < -0.39 is 0 Å². The first-order valence-corrected chi connectivity index (χ1v) is 10.8. The van der Waals surface area contributed by atoms with Crippen LogP contribution >= 0.6 is 15.9 Å². The predicted octanol–water partition coefficient (Wildman–Crippen LogP) is 3.73. The van der Waals surface area contributed by atoms with Crippen molar-refractivity contribution in [1.29, 1.82) is 0 Å². The number of hydrogen-bond acceptors (Lipinski definition) is 4. The Kier molecular flexibility index (Phi) is 7.37. The maximum absolute atomic E-state index is 12.7. The van der Waals surface area contributed by atoms with E-state index in [1.165, 1.54) is 0 Å². The highest BCUT2D eigenvalue weighted by Crippen LogP contribution is 2.28. The Morgan fingerprint density at radius 2 is 1.93 bits per heavy atom. The average molecular weight is 475 g/mol. The van der Waals surface area contributed by atoms with Crippen molar-refractivity contribution in [3.63, 3.8) is 0 Å². The summed E-state index contributed by atoms with van der Waals surface area (Å²) in [6.45, 7) is 2.96. The number of carbonyl (C=O) groups is 2. The fourth-order valence-electron chi connectivity index (χ4n) is 3.70. The van der Waals surface area contributed by atoms with Crippen molar-refractivity contribution in [3.8, 4) is 11.5 Å². The van der Waals surface area contributed by atoms with Gasteiger partial charge in [-0.05, 0) is 42.7 Å². The van der Waals surface area contributed by atoms with Crippen LogP contribution in [0.4, 0.5) is 0 Å². The van der Waals surface area contributed by atoms with E-state index in [0.717, 1.165) is 15.6 Å². The molecule has 0 saturated carbocycles. The molecular formula is C23H27BrN2O4. The Morgan fingerprint density at radius 1 is 1.20 bits per heavy atom. The number of rotatable bonds is 8. The molecule has 1 heterocycles. The number of hydrogen-bond donors (Lipinski definition) is 1. The minimum Gasteiger partial charge on any atom is -0.493 e. The van der Waals surface area contributed by atoms with Gasteiger partial charge in [-0.2, -0.15) is 0 Å². The van der Waals surface area contributed by atoms with Crippen LogP contribution in [0.1, 0.15) is 30.5 Å². The minimum atomic E-state index is -0.326. The zero-order valence-electron chi connectivity index (χ0n) is 17.5. The Morgan fingerprint density at radius 3 is 2.63 bits per heavy atom. The number of benzene rings is 2. The smallest absolute Gasteiger partial charge is 0.225 e. The summed E-state index contributed by atoms with van der Waals surface area (Å²) in [5.74, 6) is 0.952. The fourth-order valence-corrected chi connectivity index (χ4v) is 4.33. The number of halogens is 1. The zero-order valence-corrected chi connectivity index (χ0v) is 19.1. The maximum Gasteiger partial charge on any atom is 0.225 e. The Bertz CT molecular complexity index is 918. The van der Waals surface area contributed by atoms with Crippen LogP contribution in [0.3, 0.4) is 0 Å². The number of carbonyl (C=O) groups excluding carboxylic acids is 2. The second kappa shape index (κ2) is 9.98. The van der Waals surface area contributed by atoms with Crippen molar-refractivity contribution >= 4 is 27.7 Å². The normalized spacial score (nSPS) is 17.0. The second-order valence-corrected chi connectivity index (χ2v) is 8.29. The lowest BCUT2D eigenvalue weighted by Crippen LogP contribution is -2.35. The lowest BCUT2D eigenvalue weighted by atomic mass is 10.1. The van der Waals surface area contributed by atoms with Crippen LogP contribution in [0.25, 0.3) is 0 Å². The number of nitrogens with one attached hydrogen (secondary N) is 1. The van der Waals surface area contributed by atoms with Crippen LogP contribution in [0.15, 0.2) is 46.9 Å². The zero-order chi connectivity index (χ0) is 21.7. The van der Waals surface area contributed by atoms with Gasteiger partial charge in [-0.15, -0.1) is 0 Å². The predicted molar refractivity (Wildman–Crippen MR) is 119 cm³/mol. The van der Waals surface area contributed by atoms with Crippen molar-refractivity contribution in [2.24, 2.45) is 5.92 Å². The van der Waals surface area contributed by atoms with E-state index in [1.54, 1.807) is 19.1 Å². The summed E-state index contributed by atoms with van der Waals surface area (Å²) < 4.78 is 11.6. The third kappa shape index (κ3) is 5.14. The third-order valence-corrected chi connectivity index (χ3v) is 6.16. The number of amides is 2. The molecule has 1 fully saturated rings. The first-order chi connectivity index (χ1) is 14.4. The lowest BCUT2D eigenvalue weighted by molar-refractivity contribution is -0.129. The Labute approximate surface area is 185 Å². The highest BCUT2D eigenvalue weighted by Gasteiger charge is 2.34. The summed E-state index contributed by atoms with van der Waals surface area (Å²) in [6, 6.07) is 13.4. The van der Waals surface area contributed by atoms with Crippen LogP contribution in [-0.4, -0.2) is 44.0 Å². The van der Waals surface area contributed by atoms with Gasteiger partial charge in [0, 0.05) is 24.0 Å². The molecule has 7 heteroatoms. The van der Waals surface area contributed by atoms with Gasteiger partial charge in [0.25, 0.3) is 0 Å². The Hall–Kier alpha value is -2.54. The summed E-state index contributed by atoms with van der Waals surface area (Å²) in [4.78, 5) is 26.9. The van der Waals surface area contributed by atoms with Gasteiger partial charge >= 0.3 is 0 Å². The standard InChI is InChI=1S/C23H27BrN2O4/c1-15(18-6-4-5-7-19(18)24)25-23(28)17-13-22(27)26(14-17)11-10-16-8-9-20(29-2)21(12-16)30-3/h4-9,12,15,17H,10-11,13-14H2,1-3H3,(H,25,28). The molecule has 30 heavy (non-hydrogen) atoms. The molecule has 0 spiro atoms. The SMILES string of the molecule is COc1ccc(CCN2CC(C(=O)NC(C)c3ccccc3Br)CC2=O)cc1OC. The molecule has 0 aromatic heterocycles. The molecule has 1 N–H and O–H groups in total. The van der Waals surface area contributed by atoms with Gasteiger partial charge in [-0.1, -0.05) is 40.2 Å². The van der Waals surface area contributed by atoms with Crippen molar-refractivity contribution in [1.82, 2.24) is 10.2 Å². The summed E-state index contributed by atoms with van der Waals surface area (Å²) in [5.41, 5.74) is 2.07. The van der Waals surface area contributed by atoms with E-state index in [9.17, 15) is 9.59 Å². The molecule has 2 aromatic carbocycles. The Balaban J connectivity index is 1.56. The van der Waals surface area contributed by atoms with E-state index in [-0.39, 0.29) is 30.2 Å². The summed E-state index contributed by atoms with van der Waals surface area (Å²) in [7, 11) is 3.20. The summed E-state index contributed by atoms with van der Waals surface area (Å²) >= 11 is 3.52. The lowest BCUT2D eigenvalue weighted by Gasteiger charge is -2.19. The van der Waals surface area contributed by atoms with Crippen molar-refractivity contribution in [2.75, 3.05) is 27.3 Å². The van der Waals surface area contributed by atoms with Crippen LogP contribution in [0, 0.1) is 5.92 Å². The molecule has 0 radical (unpaired) electrons. The molecule has 1 aliphatic heterocycles. The topological polar surface area (TPSA) is 67.9 Å². The molecule has 2 atom stereocenters. The van der Waals surface area contributed by atoms with Crippen LogP contribution in [-0.2, 0) is 16.0 Å². The van der Waals surface area contributed by atoms with Crippen LogP contribution in [0.5, 0.6) is 11.5 Å². The van der Waals surface area contributed by atoms with Gasteiger partial charge in [0.05, 0.1) is 26.2 Å². The highest BCUT2D eigenvalue weighted by molar-refractivity contribution is 9.10. The molecule has 0 aliphatic carbocycles. The summed E-state index contributed by atoms with van der Waals surface area (Å²) in [5, 5.41) is 3.04. The monoisotopic (exact) mass is 474 g/mol. The minimum absolute atomic E-state index is 0.0178. The molecule has 1 aliphatic rings. The van der Waals surface area contributed by atoms with Crippen LogP contribution < -0.4 is 14.8 Å². The number of likely N-dealkylation sites (tertiary alicyclic amines) is 1. The van der Waals surface area contributed by atoms with Gasteiger partial charge in [0.1, 0.15) is 0 Å². The molecule has 3 rings (SSSR count). The number of nitrogens with zero attached hydrogens (tertiary/aromatic N) is 1. The average Bonchev–Trinajstić information content (AvgIpc) is 3.12. The van der Waals surface area contributed by atoms with Crippen molar-refractivity contribution in [3.05, 3.63) is 58.1 Å². The fraction of sp³-hybridized carbons (Fsp3) is 0.391. The maximum atomic E-state index is 12.7. The highest BCUT2D eigenvalue weighted by atomic mass is 79.9. The molecule has 2 aromatic rings. The van der Waals surface area contributed by atoms with E-state index in [2.05, 4.69) is 21.2 Å². The largest absolute Gasteiger partial charge is 0.493 e. The van der Waals surface area contributed by atoms with Crippen LogP contribution in [0.2, 0.25) is 0 Å². The molecule has 2 unspecified atom stereocenters. The van der Waals surface area contributed by atoms with E-state index in [0.29, 0.717) is 31.0 Å². The van der Waals surface area contributed by atoms with Gasteiger partial charge in [-0.25, -0.2) is 0 Å². The van der Waals surface area contributed by atoms with Gasteiger partial charge < -0.3 is 19.7 Å². The summed E-state index contributed by atoms with van der Waals surface area (Å²) in [6.07, 6.45) is 0.939. The number of ether oxygens (including phenoxy) is 2. The first-order valence-electron chi connectivity index (χ1n) is 9.96. The molecule has 0 bridgehead atoms. The van der Waals surface area contributed by atoms with Crippen molar-refractivity contribution in [2.45, 2.75) is 25.8 Å². The van der Waals surface area contributed by atoms with E-state index in [1.807, 2.05) is 49.4 Å². The quantitative estimate of drug-likeness (QED) is 0.632. The van der Waals surface area contributed by atoms with E-state index in [4.69, 9.17) is 9.47 Å². The molecule has 2 amide bonds. The molecular weight excluding hydrogens is 448 g/mol. The number of methoxy groups -OCH3 is 2. The van der Waals surface area contributed by atoms with Gasteiger partial charge in [-0.3, -0.25) is 9.59 Å². The van der Waals surface area contributed by atoms with Gasteiger partial charge in [0.2, 0.25) is 11.8 Å². The van der Waals surface area contributed by atoms with E-state index >= 15 is 0 Å². The second-order valence-electron chi connectivity index (χ2n) is 7.43. The molecule has 1 saturated heterocycles.